The van der Waals surface area contributed by atoms with E-state index in [9.17, 15) is 0 Å². The Morgan fingerprint density at radius 3 is 2.65 bits per heavy atom. The van der Waals surface area contributed by atoms with Crippen LogP contribution < -0.4 is 15.1 Å². The summed E-state index contributed by atoms with van der Waals surface area (Å²) in [7, 11) is 2.26. The molecule has 5 heteroatoms. The van der Waals surface area contributed by atoms with Crippen LogP contribution in [0.5, 0.6) is 5.75 Å². The van der Waals surface area contributed by atoms with Crippen LogP contribution in [0.15, 0.2) is 54.6 Å². The Hall–Kier alpha value is -2.01. The number of hydrogen-bond donors (Lipinski definition) is 2. The molecular formula is C21H23ClN3O+. The molecule has 5 rings (SSSR count). The van der Waals surface area contributed by atoms with Gasteiger partial charge in [0.1, 0.15) is 5.75 Å². The number of likely N-dealkylation sites (tertiary alicyclic amines) is 1. The first kappa shape index (κ1) is 16.2. The molecule has 3 heterocycles. The number of rotatable bonds is 1. The molecular weight excluding hydrogens is 346 g/mol. The van der Waals surface area contributed by atoms with Crippen molar-refractivity contribution < 1.29 is 9.64 Å². The molecule has 2 aromatic rings. The number of benzene rings is 2. The van der Waals surface area contributed by atoms with Gasteiger partial charge in [0.05, 0.1) is 44.7 Å². The van der Waals surface area contributed by atoms with Gasteiger partial charge in [-0.05, 0) is 18.2 Å². The average molecular weight is 369 g/mol. The molecule has 1 saturated heterocycles. The summed E-state index contributed by atoms with van der Waals surface area (Å²) in [6.07, 6.45) is 4.29. The van der Waals surface area contributed by atoms with Gasteiger partial charge in [0.2, 0.25) is 0 Å². The molecule has 0 aromatic heterocycles. The predicted molar refractivity (Wildman–Crippen MR) is 103 cm³/mol. The van der Waals surface area contributed by atoms with Gasteiger partial charge in [0.15, 0.2) is 5.72 Å². The highest BCUT2D eigenvalue weighted by Crippen LogP contribution is 2.47. The van der Waals surface area contributed by atoms with Crippen molar-refractivity contribution in [3.8, 4) is 5.75 Å². The minimum absolute atomic E-state index is 0.157. The summed E-state index contributed by atoms with van der Waals surface area (Å²) in [4.78, 5) is 1.56. The van der Waals surface area contributed by atoms with Crippen molar-refractivity contribution >= 4 is 17.3 Å². The van der Waals surface area contributed by atoms with Gasteiger partial charge in [-0.3, -0.25) is 0 Å². The second kappa shape index (κ2) is 6.02. The highest BCUT2D eigenvalue weighted by Gasteiger charge is 2.52. The zero-order valence-corrected chi connectivity index (χ0v) is 15.6. The van der Waals surface area contributed by atoms with Gasteiger partial charge in [-0.25, -0.2) is 0 Å². The zero-order valence-electron chi connectivity index (χ0n) is 14.8. The van der Waals surface area contributed by atoms with Crippen LogP contribution in [0, 0.1) is 0 Å². The van der Waals surface area contributed by atoms with Crippen LogP contribution in [0.2, 0.25) is 5.02 Å². The van der Waals surface area contributed by atoms with Crippen LogP contribution in [0.1, 0.15) is 30.0 Å². The molecule has 0 unspecified atom stereocenters. The highest BCUT2D eigenvalue weighted by molar-refractivity contribution is 6.32. The lowest BCUT2D eigenvalue weighted by Gasteiger charge is -2.50. The van der Waals surface area contributed by atoms with Gasteiger partial charge < -0.3 is 15.1 Å². The van der Waals surface area contributed by atoms with Crippen molar-refractivity contribution in [3.63, 3.8) is 0 Å². The highest BCUT2D eigenvalue weighted by atomic mass is 35.5. The van der Waals surface area contributed by atoms with Gasteiger partial charge in [-0.1, -0.05) is 48.0 Å². The number of quaternary nitrogens is 1. The summed E-state index contributed by atoms with van der Waals surface area (Å²) in [5.74, 6) is 1.01. The number of ether oxygens (including phenoxy) is 1. The molecule has 4 nitrogen and oxygen atoms in total. The van der Waals surface area contributed by atoms with Crippen molar-refractivity contribution in [2.45, 2.75) is 24.6 Å². The van der Waals surface area contributed by atoms with E-state index in [1.807, 2.05) is 18.2 Å². The Kier molecular flexibility index (Phi) is 3.74. The van der Waals surface area contributed by atoms with Gasteiger partial charge >= 0.3 is 0 Å². The number of hydrazine groups is 1. The number of fused-ring (bicyclic) bond motifs is 4. The van der Waals surface area contributed by atoms with Crippen LogP contribution >= 0.6 is 11.6 Å². The lowest BCUT2D eigenvalue weighted by atomic mass is 9.93. The molecule has 0 radical (unpaired) electrons. The van der Waals surface area contributed by atoms with E-state index in [0.29, 0.717) is 0 Å². The molecule has 3 aliphatic rings. The summed E-state index contributed by atoms with van der Waals surface area (Å²) in [6.45, 7) is 2.21. The third-order valence-corrected chi connectivity index (χ3v) is 6.20. The van der Waals surface area contributed by atoms with Gasteiger partial charge in [0, 0.05) is 16.1 Å². The van der Waals surface area contributed by atoms with E-state index in [2.05, 4.69) is 53.9 Å². The molecule has 26 heavy (non-hydrogen) atoms. The molecule has 134 valence electrons. The largest absolute Gasteiger partial charge is 0.470 e. The molecule has 1 atom stereocenters. The Labute approximate surface area is 159 Å². The SMILES string of the molecule is C[NH+]1CCC2(CC1)Oc1ccccc1[C@@H]1C=C(c3ccccc3Cl)NN12. The smallest absolute Gasteiger partial charge is 0.191 e. The van der Waals surface area contributed by atoms with Crippen LogP contribution in [0.25, 0.3) is 5.70 Å². The van der Waals surface area contributed by atoms with E-state index in [-0.39, 0.29) is 11.8 Å². The maximum Gasteiger partial charge on any atom is 0.191 e. The van der Waals surface area contributed by atoms with Crippen molar-refractivity contribution in [3.05, 3.63) is 70.8 Å². The lowest BCUT2D eigenvalue weighted by molar-refractivity contribution is -0.888. The standard InChI is InChI=1S/C21H22ClN3O/c1-24-12-10-21(11-13-24)25-19(16-7-3-5-9-20(16)26-21)14-18(23-25)15-6-2-4-8-17(15)22/h2-9,14,19,23H,10-13H2,1H3/p+1/t19-/m0/s1. The topological polar surface area (TPSA) is 28.9 Å². The number of halogens is 1. The van der Waals surface area contributed by atoms with E-state index < -0.39 is 0 Å². The Morgan fingerprint density at radius 1 is 1.12 bits per heavy atom. The van der Waals surface area contributed by atoms with E-state index in [4.69, 9.17) is 16.3 Å². The summed E-state index contributed by atoms with van der Waals surface area (Å²) in [6, 6.07) is 16.6. The third kappa shape index (κ3) is 2.44. The maximum atomic E-state index is 6.62. The summed E-state index contributed by atoms with van der Waals surface area (Å²) in [5, 5.41) is 3.09. The zero-order chi connectivity index (χ0) is 17.7. The van der Waals surface area contributed by atoms with Crippen LogP contribution in [-0.2, 0) is 0 Å². The third-order valence-electron chi connectivity index (χ3n) is 5.87. The summed E-state index contributed by atoms with van der Waals surface area (Å²) < 4.78 is 6.62. The van der Waals surface area contributed by atoms with Crippen LogP contribution in [0.3, 0.4) is 0 Å². The van der Waals surface area contributed by atoms with E-state index >= 15 is 0 Å². The van der Waals surface area contributed by atoms with Crippen molar-refractivity contribution in [1.29, 1.82) is 0 Å². The van der Waals surface area contributed by atoms with Gasteiger partial charge in [0.25, 0.3) is 0 Å². The second-order valence-corrected chi connectivity index (χ2v) is 7.94. The van der Waals surface area contributed by atoms with Crippen LogP contribution in [0.4, 0.5) is 0 Å². The Balaban J connectivity index is 1.59. The minimum Gasteiger partial charge on any atom is -0.470 e. The fraction of sp³-hybridized carbons (Fsp3) is 0.333. The fourth-order valence-corrected chi connectivity index (χ4v) is 4.60. The molecule has 1 spiro atoms. The fourth-order valence-electron chi connectivity index (χ4n) is 4.36. The van der Waals surface area contributed by atoms with E-state index in [0.717, 1.165) is 48.0 Å². The number of hydrogen-bond acceptors (Lipinski definition) is 3. The van der Waals surface area contributed by atoms with Crippen molar-refractivity contribution in [2.24, 2.45) is 0 Å². The summed E-state index contributed by atoms with van der Waals surface area (Å²) in [5.41, 5.74) is 6.64. The Bertz CT molecular complexity index is 873. The molecule has 1 fully saturated rings. The minimum atomic E-state index is -0.308. The van der Waals surface area contributed by atoms with Crippen LogP contribution in [-0.4, -0.2) is 30.9 Å². The van der Waals surface area contributed by atoms with Gasteiger partial charge in [-0.2, -0.15) is 5.01 Å². The number of para-hydroxylation sites is 1. The van der Waals surface area contributed by atoms with Crippen molar-refractivity contribution in [2.75, 3.05) is 20.1 Å². The molecule has 2 N–H and O–H groups in total. The lowest BCUT2D eigenvalue weighted by Crippen LogP contribution is -3.11. The first-order chi connectivity index (χ1) is 12.7. The number of nitrogens with zero attached hydrogens (tertiary/aromatic N) is 1. The first-order valence-corrected chi connectivity index (χ1v) is 9.66. The molecule has 0 amide bonds. The number of piperidine rings is 1. The van der Waals surface area contributed by atoms with E-state index in [1.165, 1.54) is 5.56 Å². The average Bonchev–Trinajstić information content (AvgIpc) is 3.11. The molecule has 0 aliphatic carbocycles. The first-order valence-electron chi connectivity index (χ1n) is 9.28. The maximum absolute atomic E-state index is 6.62. The monoisotopic (exact) mass is 368 g/mol. The predicted octanol–water partition coefficient (Wildman–Crippen LogP) is 2.64. The van der Waals surface area contributed by atoms with E-state index in [1.54, 1.807) is 4.90 Å². The molecule has 3 aliphatic heterocycles. The molecule has 0 saturated carbocycles. The number of nitrogens with one attached hydrogen (secondary N) is 2. The Morgan fingerprint density at radius 2 is 1.85 bits per heavy atom. The molecule has 0 bridgehead atoms. The summed E-state index contributed by atoms with van der Waals surface area (Å²) >= 11 is 6.46. The second-order valence-electron chi connectivity index (χ2n) is 7.53. The van der Waals surface area contributed by atoms with Gasteiger partial charge in [-0.15, -0.1) is 0 Å². The quantitative estimate of drug-likeness (QED) is 0.810. The van der Waals surface area contributed by atoms with Crippen molar-refractivity contribution in [1.82, 2.24) is 10.4 Å². The molecule has 2 aromatic carbocycles. The normalized spacial score (nSPS) is 30.2.